The van der Waals surface area contributed by atoms with Crippen molar-refractivity contribution in [3.8, 4) is 0 Å². The zero-order valence-electron chi connectivity index (χ0n) is 8.39. The third kappa shape index (κ3) is 2.34. The van der Waals surface area contributed by atoms with Crippen molar-refractivity contribution in [1.29, 1.82) is 0 Å². The lowest BCUT2D eigenvalue weighted by Crippen LogP contribution is -2.24. The highest BCUT2D eigenvalue weighted by molar-refractivity contribution is 5.72. The van der Waals surface area contributed by atoms with Gasteiger partial charge in [0.2, 0.25) is 0 Å². The lowest BCUT2D eigenvalue weighted by Gasteiger charge is -2.04. The standard InChI is InChI=1S/C11H14N2O2/c12-8(7-14)5-6-11-13-9-3-1-2-4-10(9)15-11/h1-4,8,14H,5-7,12H2. The van der Waals surface area contributed by atoms with Gasteiger partial charge in [-0.15, -0.1) is 0 Å². The Balaban J connectivity index is 2.09. The maximum atomic E-state index is 8.78. The Labute approximate surface area is 87.7 Å². The van der Waals surface area contributed by atoms with Crippen molar-refractivity contribution in [1.82, 2.24) is 4.98 Å². The molecule has 4 heteroatoms. The van der Waals surface area contributed by atoms with E-state index in [9.17, 15) is 0 Å². The van der Waals surface area contributed by atoms with Gasteiger partial charge in [0.1, 0.15) is 5.52 Å². The van der Waals surface area contributed by atoms with Crippen LogP contribution in [0.5, 0.6) is 0 Å². The van der Waals surface area contributed by atoms with E-state index in [-0.39, 0.29) is 12.6 Å². The first-order valence-corrected chi connectivity index (χ1v) is 5.00. The monoisotopic (exact) mass is 206 g/mol. The fourth-order valence-electron chi connectivity index (χ4n) is 1.43. The molecule has 80 valence electrons. The molecule has 2 rings (SSSR count). The first-order chi connectivity index (χ1) is 7.29. The number of aliphatic hydroxyl groups is 1. The van der Waals surface area contributed by atoms with Crippen LogP contribution in [0.2, 0.25) is 0 Å². The number of aromatic nitrogens is 1. The number of hydrogen-bond acceptors (Lipinski definition) is 4. The van der Waals surface area contributed by atoms with Crippen LogP contribution in [-0.4, -0.2) is 22.7 Å². The highest BCUT2D eigenvalue weighted by Crippen LogP contribution is 2.15. The lowest BCUT2D eigenvalue weighted by atomic mass is 10.2. The topological polar surface area (TPSA) is 72.3 Å². The summed E-state index contributed by atoms with van der Waals surface area (Å²) in [6.45, 7) is 0.000227. The van der Waals surface area contributed by atoms with Crippen LogP contribution in [0.1, 0.15) is 12.3 Å². The van der Waals surface area contributed by atoms with E-state index in [0.717, 1.165) is 11.1 Å². The van der Waals surface area contributed by atoms with Gasteiger partial charge in [-0.3, -0.25) is 0 Å². The molecule has 1 unspecified atom stereocenters. The summed E-state index contributed by atoms with van der Waals surface area (Å²) in [4.78, 5) is 4.32. The summed E-state index contributed by atoms with van der Waals surface area (Å²) in [6.07, 6.45) is 1.35. The minimum atomic E-state index is -0.194. The molecule has 1 atom stereocenters. The number of oxazole rings is 1. The van der Waals surface area contributed by atoms with Crippen molar-refractivity contribution in [3.05, 3.63) is 30.2 Å². The number of rotatable bonds is 4. The highest BCUT2D eigenvalue weighted by Gasteiger charge is 2.07. The normalized spacial score (nSPS) is 13.2. The van der Waals surface area contributed by atoms with Crippen molar-refractivity contribution in [2.45, 2.75) is 18.9 Å². The summed E-state index contributed by atoms with van der Waals surface area (Å²) in [7, 11) is 0. The second-order valence-electron chi connectivity index (χ2n) is 3.56. The summed E-state index contributed by atoms with van der Waals surface area (Å²) in [5, 5.41) is 8.78. The summed E-state index contributed by atoms with van der Waals surface area (Å²) in [5.41, 5.74) is 7.26. The minimum absolute atomic E-state index is 0.000227. The molecule has 0 aliphatic rings. The fourth-order valence-corrected chi connectivity index (χ4v) is 1.43. The Morgan fingerprint density at radius 3 is 2.93 bits per heavy atom. The molecule has 1 heterocycles. The molecular weight excluding hydrogens is 192 g/mol. The molecular formula is C11H14N2O2. The minimum Gasteiger partial charge on any atom is -0.441 e. The molecule has 4 nitrogen and oxygen atoms in total. The number of nitrogens with two attached hydrogens (primary N) is 1. The molecule has 0 amide bonds. The van der Waals surface area contributed by atoms with E-state index >= 15 is 0 Å². The first kappa shape index (κ1) is 10.1. The lowest BCUT2D eigenvalue weighted by molar-refractivity contribution is 0.258. The summed E-state index contributed by atoms with van der Waals surface area (Å²) < 4.78 is 5.51. The van der Waals surface area contributed by atoms with Gasteiger partial charge in [0.25, 0.3) is 0 Å². The SMILES string of the molecule is NC(CO)CCc1nc2ccccc2o1. The van der Waals surface area contributed by atoms with Crippen molar-refractivity contribution in [3.63, 3.8) is 0 Å². The van der Waals surface area contributed by atoms with Gasteiger partial charge in [-0.1, -0.05) is 12.1 Å². The van der Waals surface area contributed by atoms with Gasteiger partial charge in [0.15, 0.2) is 11.5 Å². The van der Waals surface area contributed by atoms with E-state index < -0.39 is 0 Å². The van der Waals surface area contributed by atoms with E-state index in [1.54, 1.807) is 0 Å². The van der Waals surface area contributed by atoms with Gasteiger partial charge in [0, 0.05) is 12.5 Å². The summed E-state index contributed by atoms with van der Waals surface area (Å²) in [6, 6.07) is 7.44. The van der Waals surface area contributed by atoms with Crippen LogP contribution in [0.15, 0.2) is 28.7 Å². The zero-order chi connectivity index (χ0) is 10.7. The molecule has 0 fully saturated rings. The van der Waals surface area contributed by atoms with Gasteiger partial charge in [-0.05, 0) is 18.6 Å². The molecule has 2 aromatic rings. The second-order valence-corrected chi connectivity index (χ2v) is 3.56. The Bertz CT molecular complexity index is 406. The van der Waals surface area contributed by atoms with Crippen LogP contribution in [0.3, 0.4) is 0 Å². The maximum absolute atomic E-state index is 8.78. The third-order valence-electron chi connectivity index (χ3n) is 2.30. The van der Waals surface area contributed by atoms with Crippen molar-refractivity contribution in [2.75, 3.05) is 6.61 Å². The zero-order valence-corrected chi connectivity index (χ0v) is 8.39. The molecule has 0 saturated heterocycles. The predicted molar refractivity (Wildman–Crippen MR) is 57.4 cm³/mol. The Hall–Kier alpha value is -1.39. The van der Waals surface area contributed by atoms with E-state index in [0.29, 0.717) is 18.7 Å². The molecule has 0 radical (unpaired) electrons. The van der Waals surface area contributed by atoms with Gasteiger partial charge in [-0.25, -0.2) is 4.98 Å². The molecule has 0 aliphatic carbocycles. The second kappa shape index (κ2) is 4.42. The number of benzene rings is 1. The number of para-hydroxylation sites is 2. The van der Waals surface area contributed by atoms with E-state index in [1.165, 1.54) is 0 Å². The van der Waals surface area contributed by atoms with Gasteiger partial charge < -0.3 is 15.3 Å². The molecule has 0 bridgehead atoms. The predicted octanol–water partition coefficient (Wildman–Crippen LogP) is 1.08. The maximum Gasteiger partial charge on any atom is 0.195 e. The highest BCUT2D eigenvalue weighted by atomic mass is 16.3. The summed E-state index contributed by atoms with van der Waals surface area (Å²) in [5.74, 6) is 0.681. The molecule has 0 aliphatic heterocycles. The van der Waals surface area contributed by atoms with E-state index in [1.807, 2.05) is 24.3 Å². The molecule has 15 heavy (non-hydrogen) atoms. The number of nitrogens with zero attached hydrogens (tertiary/aromatic N) is 1. The number of aliphatic hydroxyl groups excluding tert-OH is 1. The van der Waals surface area contributed by atoms with Gasteiger partial charge >= 0.3 is 0 Å². The van der Waals surface area contributed by atoms with E-state index in [4.69, 9.17) is 15.3 Å². The fraction of sp³-hybridized carbons (Fsp3) is 0.364. The molecule has 0 saturated carbocycles. The van der Waals surface area contributed by atoms with Crippen LogP contribution in [0.4, 0.5) is 0 Å². The van der Waals surface area contributed by atoms with Gasteiger partial charge in [0.05, 0.1) is 6.61 Å². The quantitative estimate of drug-likeness (QED) is 0.785. The number of aryl methyl sites for hydroxylation is 1. The van der Waals surface area contributed by atoms with Crippen LogP contribution in [0, 0.1) is 0 Å². The van der Waals surface area contributed by atoms with Crippen LogP contribution >= 0.6 is 0 Å². The van der Waals surface area contributed by atoms with Gasteiger partial charge in [-0.2, -0.15) is 0 Å². The number of fused-ring (bicyclic) bond motifs is 1. The number of hydrogen-bond donors (Lipinski definition) is 2. The molecule has 1 aromatic carbocycles. The third-order valence-corrected chi connectivity index (χ3v) is 2.30. The first-order valence-electron chi connectivity index (χ1n) is 5.00. The molecule has 3 N–H and O–H groups in total. The Morgan fingerprint density at radius 2 is 2.20 bits per heavy atom. The van der Waals surface area contributed by atoms with Crippen LogP contribution < -0.4 is 5.73 Å². The average molecular weight is 206 g/mol. The van der Waals surface area contributed by atoms with Crippen molar-refractivity contribution >= 4 is 11.1 Å². The summed E-state index contributed by atoms with van der Waals surface area (Å²) >= 11 is 0. The average Bonchev–Trinajstić information content (AvgIpc) is 2.68. The van der Waals surface area contributed by atoms with Crippen molar-refractivity contribution < 1.29 is 9.52 Å². The largest absolute Gasteiger partial charge is 0.441 e. The van der Waals surface area contributed by atoms with Crippen LogP contribution in [0.25, 0.3) is 11.1 Å². The van der Waals surface area contributed by atoms with Crippen molar-refractivity contribution in [2.24, 2.45) is 5.73 Å². The Morgan fingerprint density at radius 1 is 1.40 bits per heavy atom. The van der Waals surface area contributed by atoms with Crippen LogP contribution in [-0.2, 0) is 6.42 Å². The van der Waals surface area contributed by atoms with E-state index in [2.05, 4.69) is 4.98 Å². The Kier molecular flexibility index (Phi) is 2.99. The molecule has 1 aromatic heterocycles. The molecule has 0 spiro atoms. The smallest absolute Gasteiger partial charge is 0.195 e.